The normalized spacial score (nSPS) is 12.5. The average molecular weight is 374 g/mol. The van der Waals surface area contributed by atoms with Gasteiger partial charge in [-0.05, 0) is 43.2 Å². The zero-order valence-electron chi connectivity index (χ0n) is 15.0. The van der Waals surface area contributed by atoms with Crippen molar-refractivity contribution >= 4 is 11.8 Å². The van der Waals surface area contributed by atoms with Crippen LogP contribution in [0.5, 0.6) is 0 Å². The number of nitrogens with one attached hydrogen (secondary N) is 1. The summed E-state index contributed by atoms with van der Waals surface area (Å²) in [5.74, 6) is -2.06. The Bertz CT molecular complexity index is 604. The van der Waals surface area contributed by atoms with Crippen LogP contribution in [0, 0.1) is 0 Å². The van der Waals surface area contributed by atoms with E-state index < -0.39 is 18.3 Å². The van der Waals surface area contributed by atoms with E-state index in [1.165, 1.54) is 5.32 Å². The molecule has 0 heterocycles. The number of carbonyl (C=O) groups is 2. The van der Waals surface area contributed by atoms with Crippen molar-refractivity contribution in [3.8, 4) is 0 Å². The predicted octanol–water partition coefficient (Wildman–Crippen LogP) is 2.42. The second-order valence-corrected chi connectivity index (χ2v) is 6.34. The maximum atomic E-state index is 12.1. The molecule has 0 aliphatic heterocycles. The van der Waals surface area contributed by atoms with E-state index in [4.69, 9.17) is 0 Å². The SMILES string of the molecule is CN(C)C(=O)CCCCc1cccc(CCC(O)NC(=O)C(F)(F)F)c1. The third kappa shape index (κ3) is 8.33. The van der Waals surface area contributed by atoms with Gasteiger partial charge in [0.05, 0.1) is 0 Å². The number of aryl methyl sites for hydroxylation is 2. The van der Waals surface area contributed by atoms with Gasteiger partial charge in [-0.15, -0.1) is 0 Å². The van der Waals surface area contributed by atoms with Crippen LogP contribution >= 0.6 is 0 Å². The summed E-state index contributed by atoms with van der Waals surface area (Å²) in [6.45, 7) is 0. The summed E-state index contributed by atoms with van der Waals surface area (Å²) in [6, 6.07) is 7.53. The summed E-state index contributed by atoms with van der Waals surface area (Å²) in [6.07, 6.45) is -3.30. The lowest BCUT2D eigenvalue weighted by Gasteiger charge is -2.14. The fourth-order valence-electron chi connectivity index (χ4n) is 2.38. The molecule has 0 fully saturated rings. The fraction of sp³-hybridized carbons (Fsp3) is 0.556. The second kappa shape index (κ2) is 10.2. The molecule has 2 amide bonds. The number of hydrogen-bond donors (Lipinski definition) is 2. The van der Waals surface area contributed by atoms with E-state index in [1.54, 1.807) is 19.0 Å². The summed E-state index contributed by atoms with van der Waals surface area (Å²) in [5.41, 5.74) is 1.93. The molecule has 1 aromatic rings. The van der Waals surface area contributed by atoms with Gasteiger partial charge in [0.2, 0.25) is 5.91 Å². The maximum Gasteiger partial charge on any atom is 0.471 e. The molecule has 0 spiro atoms. The largest absolute Gasteiger partial charge is 0.471 e. The molecule has 0 saturated heterocycles. The number of halogens is 3. The van der Waals surface area contributed by atoms with E-state index in [-0.39, 0.29) is 12.3 Å². The van der Waals surface area contributed by atoms with E-state index in [1.807, 2.05) is 24.3 Å². The van der Waals surface area contributed by atoms with Gasteiger partial charge in [0, 0.05) is 20.5 Å². The van der Waals surface area contributed by atoms with Crippen LogP contribution in [0.4, 0.5) is 13.2 Å². The first kappa shape index (κ1) is 22.0. The number of unbranched alkanes of at least 4 members (excludes halogenated alkanes) is 1. The van der Waals surface area contributed by atoms with Gasteiger partial charge in [0.25, 0.3) is 0 Å². The standard InChI is InChI=1S/C18H25F3N2O3/c1-23(2)16(25)9-4-3-6-13-7-5-8-14(12-13)10-11-15(24)22-17(26)18(19,20)21/h5,7-8,12,15,24H,3-4,6,9-11H2,1-2H3,(H,22,26). The summed E-state index contributed by atoms with van der Waals surface area (Å²) in [4.78, 5) is 23.8. The van der Waals surface area contributed by atoms with Crippen LogP contribution in [-0.4, -0.2) is 48.3 Å². The number of benzene rings is 1. The molecule has 2 N–H and O–H groups in total. The predicted molar refractivity (Wildman–Crippen MR) is 91.2 cm³/mol. The van der Waals surface area contributed by atoms with E-state index in [9.17, 15) is 27.9 Å². The van der Waals surface area contributed by atoms with Gasteiger partial charge in [-0.25, -0.2) is 0 Å². The molecule has 1 aromatic carbocycles. The van der Waals surface area contributed by atoms with Gasteiger partial charge < -0.3 is 15.3 Å². The van der Waals surface area contributed by atoms with Crippen molar-refractivity contribution in [1.82, 2.24) is 10.2 Å². The van der Waals surface area contributed by atoms with Gasteiger partial charge in [0.15, 0.2) is 0 Å². The van der Waals surface area contributed by atoms with Crippen molar-refractivity contribution < 1.29 is 27.9 Å². The Hall–Kier alpha value is -2.09. The van der Waals surface area contributed by atoms with Crippen molar-refractivity contribution in [3.05, 3.63) is 35.4 Å². The zero-order chi connectivity index (χ0) is 19.7. The van der Waals surface area contributed by atoms with Crippen LogP contribution in [0.15, 0.2) is 24.3 Å². The third-order valence-corrected chi connectivity index (χ3v) is 3.86. The highest BCUT2D eigenvalue weighted by Gasteiger charge is 2.39. The Labute approximate surface area is 151 Å². The first-order chi connectivity index (χ1) is 12.1. The second-order valence-electron chi connectivity index (χ2n) is 6.34. The molecule has 0 bridgehead atoms. The van der Waals surface area contributed by atoms with Crippen LogP contribution in [-0.2, 0) is 22.4 Å². The van der Waals surface area contributed by atoms with Gasteiger partial charge >= 0.3 is 12.1 Å². The first-order valence-corrected chi connectivity index (χ1v) is 8.43. The molecule has 0 aliphatic carbocycles. The van der Waals surface area contributed by atoms with Crippen LogP contribution in [0.25, 0.3) is 0 Å². The lowest BCUT2D eigenvalue weighted by atomic mass is 10.0. The molecule has 0 radical (unpaired) electrons. The maximum absolute atomic E-state index is 12.1. The topological polar surface area (TPSA) is 69.6 Å². The van der Waals surface area contributed by atoms with Gasteiger partial charge in [0.1, 0.15) is 6.23 Å². The van der Waals surface area contributed by atoms with Crippen molar-refractivity contribution in [1.29, 1.82) is 0 Å². The molecule has 1 rings (SSSR count). The summed E-state index contributed by atoms with van der Waals surface area (Å²) in [7, 11) is 3.44. The lowest BCUT2D eigenvalue weighted by Crippen LogP contribution is -2.43. The average Bonchev–Trinajstić information content (AvgIpc) is 2.56. The molecule has 1 unspecified atom stereocenters. The monoisotopic (exact) mass is 374 g/mol. The van der Waals surface area contributed by atoms with Crippen LogP contribution in [0.3, 0.4) is 0 Å². The van der Waals surface area contributed by atoms with Crippen molar-refractivity contribution in [2.75, 3.05) is 14.1 Å². The molecule has 1 atom stereocenters. The van der Waals surface area contributed by atoms with Crippen molar-refractivity contribution in [2.45, 2.75) is 50.9 Å². The number of hydrogen-bond acceptors (Lipinski definition) is 3. The zero-order valence-corrected chi connectivity index (χ0v) is 15.0. The minimum atomic E-state index is -5.01. The fourth-order valence-corrected chi connectivity index (χ4v) is 2.38. The third-order valence-electron chi connectivity index (χ3n) is 3.86. The summed E-state index contributed by atoms with van der Waals surface area (Å²) < 4.78 is 36.4. The quantitative estimate of drug-likeness (QED) is 0.515. The minimum absolute atomic E-state index is 0.0113. The molecule has 146 valence electrons. The van der Waals surface area contributed by atoms with Gasteiger partial charge in [-0.2, -0.15) is 13.2 Å². The Morgan fingerprint density at radius 3 is 2.35 bits per heavy atom. The van der Waals surface area contributed by atoms with Crippen LogP contribution < -0.4 is 5.32 Å². The number of carbonyl (C=O) groups excluding carboxylic acids is 2. The molecular weight excluding hydrogens is 349 g/mol. The highest BCUT2D eigenvalue weighted by Crippen LogP contribution is 2.15. The smallest absolute Gasteiger partial charge is 0.374 e. The number of nitrogens with zero attached hydrogens (tertiary/aromatic N) is 1. The number of rotatable bonds is 9. The number of aliphatic hydroxyl groups excluding tert-OH is 1. The Balaban J connectivity index is 2.39. The Kier molecular flexibility index (Phi) is 8.57. The molecule has 26 heavy (non-hydrogen) atoms. The first-order valence-electron chi connectivity index (χ1n) is 8.43. The Morgan fingerprint density at radius 1 is 1.15 bits per heavy atom. The highest BCUT2D eigenvalue weighted by atomic mass is 19.4. The molecule has 0 aromatic heterocycles. The van der Waals surface area contributed by atoms with Crippen molar-refractivity contribution in [2.24, 2.45) is 0 Å². The Morgan fingerprint density at radius 2 is 1.77 bits per heavy atom. The number of aliphatic hydroxyl groups is 1. The molecular formula is C18H25F3N2O3. The summed E-state index contributed by atoms with van der Waals surface area (Å²) >= 11 is 0. The number of amides is 2. The van der Waals surface area contributed by atoms with Crippen LogP contribution in [0.1, 0.15) is 36.8 Å². The van der Waals surface area contributed by atoms with E-state index >= 15 is 0 Å². The molecule has 0 saturated carbocycles. The van der Waals surface area contributed by atoms with Crippen LogP contribution in [0.2, 0.25) is 0 Å². The summed E-state index contributed by atoms with van der Waals surface area (Å²) in [5, 5.41) is 11.0. The minimum Gasteiger partial charge on any atom is -0.374 e. The lowest BCUT2D eigenvalue weighted by molar-refractivity contribution is -0.176. The van der Waals surface area contributed by atoms with E-state index in [0.717, 1.165) is 30.4 Å². The molecule has 8 heteroatoms. The van der Waals surface area contributed by atoms with Gasteiger partial charge in [-0.3, -0.25) is 9.59 Å². The van der Waals surface area contributed by atoms with Crippen molar-refractivity contribution in [3.63, 3.8) is 0 Å². The van der Waals surface area contributed by atoms with E-state index in [2.05, 4.69) is 0 Å². The van der Waals surface area contributed by atoms with E-state index in [0.29, 0.717) is 12.8 Å². The highest BCUT2D eigenvalue weighted by molar-refractivity contribution is 5.81. The molecule has 0 aliphatic rings. The molecule has 5 nitrogen and oxygen atoms in total. The van der Waals surface area contributed by atoms with Gasteiger partial charge in [-0.1, -0.05) is 24.3 Å². The number of alkyl halides is 3.